The standard InChI is InChI=1S/C22H19FN4/c1-14-7-10-19(16(3)12-14)25-26-22-21(17-8-9-18(23)15(2)13-17)24-20-6-4-5-11-27(20)22/h4-13H,1-3H3. The van der Waals surface area contributed by atoms with E-state index in [1.54, 1.807) is 19.1 Å². The largest absolute Gasteiger partial charge is 0.283 e. The van der Waals surface area contributed by atoms with E-state index < -0.39 is 0 Å². The van der Waals surface area contributed by atoms with Gasteiger partial charge in [-0.05, 0) is 68.3 Å². The molecule has 27 heavy (non-hydrogen) atoms. The van der Waals surface area contributed by atoms with Crippen molar-refractivity contribution in [1.29, 1.82) is 0 Å². The number of aromatic nitrogens is 2. The number of hydrogen-bond acceptors (Lipinski definition) is 3. The molecule has 0 saturated heterocycles. The van der Waals surface area contributed by atoms with Gasteiger partial charge in [-0.25, -0.2) is 9.37 Å². The van der Waals surface area contributed by atoms with Crippen molar-refractivity contribution in [2.45, 2.75) is 20.8 Å². The van der Waals surface area contributed by atoms with Gasteiger partial charge in [0.15, 0.2) is 5.82 Å². The number of azo groups is 1. The smallest absolute Gasteiger partial charge is 0.187 e. The molecule has 0 aliphatic rings. The normalized spacial score (nSPS) is 11.6. The van der Waals surface area contributed by atoms with Crippen molar-refractivity contribution in [3.63, 3.8) is 0 Å². The van der Waals surface area contributed by atoms with E-state index in [0.29, 0.717) is 17.1 Å². The SMILES string of the molecule is Cc1ccc(N=Nc2c(-c3ccc(F)c(C)c3)nc3ccccn23)c(C)c1. The summed E-state index contributed by atoms with van der Waals surface area (Å²) in [7, 11) is 0. The molecule has 0 aliphatic heterocycles. The van der Waals surface area contributed by atoms with Crippen LogP contribution in [0.25, 0.3) is 16.9 Å². The number of pyridine rings is 1. The van der Waals surface area contributed by atoms with Crippen LogP contribution in [0.3, 0.4) is 0 Å². The molecule has 0 spiro atoms. The van der Waals surface area contributed by atoms with E-state index in [2.05, 4.69) is 21.3 Å². The fourth-order valence-corrected chi connectivity index (χ4v) is 3.08. The summed E-state index contributed by atoms with van der Waals surface area (Å²) in [6.07, 6.45) is 1.90. The molecule has 2 heterocycles. The van der Waals surface area contributed by atoms with Crippen molar-refractivity contribution < 1.29 is 4.39 Å². The Labute approximate surface area is 157 Å². The maximum absolute atomic E-state index is 13.7. The summed E-state index contributed by atoms with van der Waals surface area (Å²) in [4.78, 5) is 4.69. The Morgan fingerprint density at radius 2 is 1.74 bits per heavy atom. The Bertz CT molecular complexity index is 1170. The van der Waals surface area contributed by atoms with E-state index in [4.69, 9.17) is 0 Å². The topological polar surface area (TPSA) is 42.0 Å². The molecule has 0 unspecified atom stereocenters. The lowest BCUT2D eigenvalue weighted by molar-refractivity contribution is 0.619. The Hall–Kier alpha value is -3.34. The van der Waals surface area contributed by atoms with Crippen LogP contribution in [0.5, 0.6) is 0 Å². The van der Waals surface area contributed by atoms with Gasteiger partial charge in [-0.15, -0.1) is 10.2 Å². The molecular weight excluding hydrogens is 339 g/mol. The van der Waals surface area contributed by atoms with Crippen LogP contribution < -0.4 is 0 Å². The number of nitrogens with zero attached hydrogens (tertiary/aromatic N) is 4. The lowest BCUT2D eigenvalue weighted by Gasteiger charge is -2.03. The molecule has 4 aromatic rings. The van der Waals surface area contributed by atoms with Crippen LogP contribution in [0.1, 0.15) is 16.7 Å². The molecule has 0 fully saturated rings. The van der Waals surface area contributed by atoms with E-state index in [1.165, 1.54) is 11.6 Å². The molecule has 0 aliphatic carbocycles. The molecule has 134 valence electrons. The van der Waals surface area contributed by atoms with Crippen molar-refractivity contribution >= 4 is 17.2 Å². The van der Waals surface area contributed by atoms with Crippen LogP contribution in [0.4, 0.5) is 15.9 Å². The summed E-state index contributed by atoms with van der Waals surface area (Å²) >= 11 is 0. The van der Waals surface area contributed by atoms with Gasteiger partial charge in [0.2, 0.25) is 0 Å². The third-order valence-electron chi connectivity index (χ3n) is 4.54. The predicted molar refractivity (Wildman–Crippen MR) is 105 cm³/mol. The van der Waals surface area contributed by atoms with Gasteiger partial charge >= 0.3 is 0 Å². The first kappa shape index (κ1) is 17.1. The lowest BCUT2D eigenvalue weighted by Crippen LogP contribution is -1.85. The minimum atomic E-state index is -0.235. The molecule has 2 aromatic heterocycles. The quantitative estimate of drug-likeness (QED) is 0.386. The van der Waals surface area contributed by atoms with Crippen molar-refractivity contribution in [3.8, 4) is 11.3 Å². The zero-order valence-corrected chi connectivity index (χ0v) is 15.4. The second kappa shape index (κ2) is 6.76. The van der Waals surface area contributed by atoms with Crippen molar-refractivity contribution in [3.05, 3.63) is 83.3 Å². The minimum Gasteiger partial charge on any atom is -0.283 e. The maximum Gasteiger partial charge on any atom is 0.187 e. The minimum absolute atomic E-state index is 0.235. The predicted octanol–water partition coefficient (Wildman–Crippen LogP) is 6.48. The van der Waals surface area contributed by atoms with Gasteiger partial charge in [-0.2, -0.15) is 0 Å². The molecule has 4 nitrogen and oxygen atoms in total. The highest BCUT2D eigenvalue weighted by atomic mass is 19.1. The third kappa shape index (κ3) is 3.24. The molecule has 5 heteroatoms. The Kier molecular flexibility index (Phi) is 4.28. The van der Waals surface area contributed by atoms with E-state index in [0.717, 1.165) is 22.5 Å². The molecule has 0 amide bonds. The zero-order valence-electron chi connectivity index (χ0n) is 15.4. The molecule has 4 rings (SSSR count). The maximum atomic E-state index is 13.7. The second-order valence-electron chi connectivity index (χ2n) is 6.67. The summed E-state index contributed by atoms with van der Waals surface area (Å²) in [6.45, 7) is 5.80. The van der Waals surface area contributed by atoms with Crippen LogP contribution >= 0.6 is 0 Å². The Morgan fingerprint density at radius 3 is 2.52 bits per heavy atom. The molecule has 0 bridgehead atoms. The van der Waals surface area contributed by atoms with E-state index in [-0.39, 0.29) is 5.82 Å². The number of rotatable bonds is 3. The molecule has 2 aromatic carbocycles. The van der Waals surface area contributed by atoms with Gasteiger partial charge in [-0.3, -0.25) is 4.40 Å². The highest BCUT2D eigenvalue weighted by Gasteiger charge is 2.15. The summed E-state index contributed by atoms with van der Waals surface area (Å²) in [5.41, 5.74) is 5.89. The van der Waals surface area contributed by atoms with Crippen LogP contribution in [-0.4, -0.2) is 9.38 Å². The summed E-state index contributed by atoms with van der Waals surface area (Å²) in [5.74, 6) is 0.387. The van der Waals surface area contributed by atoms with E-state index in [9.17, 15) is 4.39 Å². The highest BCUT2D eigenvalue weighted by molar-refractivity contribution is 5.74. The van der Waals surface area contributed by atoms with E-state index in [1.807, 2.05) is 54.8 Å². The summed E-state index contributed by atoms with van der Waals surface area (Å²) in [5, 5.41) is 8.97. The molecule has 0 N–H and O–H groups in total. The summed E-state index contributed by atoms with van der Waals surface area (Å²) in [6, 6.07) is 16.8. The first-order valence-electron chi connectivity index (χ1n) is 8.75. The number of hydrogen-bond donors (Lipinski definition) is 0. The zero-order chi connectivity index (χ0) is 19.0. The van der Waals surface area contributed by atoms with Gasteiger partial charge in [0, 0.05) is 11.8 Å². The summed E-state index contributed by atoms with van der Waals surface area (Å²) < 4.78 is 15.6. The monoisotopic (exact) mass is 358 g/mol. The third-order valence-corrected chi connectivity index (χ3v) is 4.54. The first-order chi connectivity index (χ1) is 13.0. The van der Waals surface area contributed by atoms with Crippen molar-refractivity contribution in [2.75, 3.05) is 0 Å². The number of imidazole rings is 1. The van der Waals surface area contributed by atoms with Crippen LogP contribution in [0.2, 0.25) is 0 Å². The average molecular weight is 358 g/mol. The van der Waals surface area contributed by atoms with Crippen LogP contribution in [0, 0.1) is 26.6 Å². The Balaban J connectivity index is 1.88. The lowest BCUT2D eigenvalue weighted by atomic mass is 10.1. The van der Waals surface area contributed by atoms with E-state index >= 15 is 0 Å². The highest BCUT2D eigenvalue weighted by Crippen LogP contribution is 2.33. The molecular formula is C22H19FN4. The molecule has 0 radical (unpaired) electrons. The Morgan fingerprint density at radius 1 is 0.889 bits per heavy atom. The van der Waals surface area contributed by atoms with Gasteiger partial charge < -0.3 is 0 Å². The van der Waals surface area contributed by atoms with Crippen molar-refractivity contribution in [2.24, 2.45) is 10.2 Å². The number of aryl methyl sites for hydroxylation is 3. The van der Waals surface area contributed by atoms with Crippen LogP contribution in [-0.2, 0) is 0 Å². The molecule has 0 saturated carbocycles. The fourth-order valence-electron chi connectivity index (χ4n) is 3.08. The number of halogens is 1. The van der Waals surface area contributed by atoms with Gasteiger partial charge in [0.1, 0.15) is 17.2 Å². The van der Waals surface area contributed by atoms with Gasteiger partial charge in [0.05, 0.1) is 5.69 Å². The second-order valence-corrected chi connectivity index (χ2v) is 6.67. The van der Waals surface area contributed by atoms with Gasteiger partial charge in [0.25, 0.3) is 0 Å². The first-order valence-corrected chi connectivity index (χ1v) is 8.75. The van der Waals surface area contributed by atoms with Crippen molar-refractivity contribution in [1.82, 2.24) is 9.38 Å². The van der Waals surface area contributed by atoms with Gasteiger partial charge in [-0.1, -0.05) is 23.8 Å². The number of fused-ring (bicyclic) bond motifs is 1. The molecule has 0 atom stereocenters. The number of benzene rings is 2. The average Bonchev–Trinajstić information content (AvgIpc) is 3.02. The fraction of sp³-hybridized carbons (Fsp3) is 0.136. The van der Waals surface area contributed by atoms with Crippen LogP contribution in [0.15, 0.2) is 71.0 Å².